The maximum absolute atomic E-state index is 12.3. The summed E-state index contributed by atoms with van der Waals surface area (Å²) >= 11 is 0. The van der Waals surface area contributed by atoms with Crippen LogP contribution in [0.3, 0.4) is 0 Å². The molecule has 2 unspecified atom stereocenters. The van der Waals surface area contributed by atoms with Crippen molar-refractivity contribution >= 4 is 5.91 Å². The average Bonchev–Trinajstić information content (AvgIpc) is 2.89. The number of benzene rings is 1. The third-order valence-corrected chi connectivity index (χ3v) is 4.11. The smallest absolute Gasteiger partial charge is 0.224 e. The Bertz CT molecular complexity index is 524. The van der Waals surface area contributed by atoms with Crippen molar-refractivity contribution in [2.45, 2.75) is 34.2 Å². The Morgan fingerprint density at radius 1 is 1.30 bits per heavy atom. The zero-order valence-electron chi connectivity index (χ0n) is 12.6. The Morgan fingerprint density at radius 3 is 2.45 bits per heavy atom. The summed E-state index contributed by atoms with van der Waals surface area (Å²) in [6, 6.07) is 6.91. The number of allylic oxidation sites excluding steroid dienone is 2. The van der Waals surface area contributed by atoms with E-state index in [9.17, 15) is 9.90 Å². The molecule has 0 aromatic heterocycles. The molecule has 20 heavy (non-hydrogen) atoms. The fraction of sp³-hybridized carbons (Fsp3) is 0.471. The van der Waals surface area contributed by atoms with E-state index in [1.54, 1.807) is 12.1 Å². The highest BCUT2D eigenvalue weighted by molar-refractivity contribution is 5.83. The molecule has 1 amide bonds. The molecule has 2 rings (SSSR count). The lowest BCUT2D eigenvalue weighted by Crippen LogP contribution is -2.26. The van der Waals surface area contributed by atoms with Gasteiger partial charge in [0.2, 0.25) is 5.91 Å². The van der Waals surface area contributed by atoms with Crippen LogP contribution in [-0.2, 0) is 11.3 Å². The minimum absolute atomic E-state index is 0.0519. The van der Waals surface area contributed by atoms with Crippen molar-refractivity contribution in [2.75, 3.05) is 0 Å². The van der Waals surface area contributed by atoms with E-state index in [4.69, 9.17) is 0 Å². The topological polar surface area (TPSA) is 49.3 Å². The van der Waals surface area contributed by atoms with Crippen molar-refractivity contribution in [1.82, 2.24) is 5.32 Å². The normalized spacial score (nSPS) is 23.0. The Morgan fingerprint density at radius 2 is 1.90 bits per heavy atom. The standard InChI is InChI=1S/C17H23NO2/c1-11(2)9-14-15(17(14,3)4)16(20)18-10-12-5-7-13(19)8-6-12/h5-9,14-15,19H,10H2,1-4H3,(H,18,20). The summed E-state index contributed by atoms with van der Waals surface area (Å²) in [5.74, 6) is 0.763. The zero-order chi connectivity index (χ0) is 14.9. The van der Waals surface area contributed by atoms with Gasteiger partial charge >= 0.3 is 0 Å². The first kappa shape index (κ1) is 14.6. The van der Waals surface area contributed by atoms with E-state index in [1.165, 1.54) is 5.57 Å². The van der Waals surface area contributed by atoms with Gasteiger partial charge in [0.05, 0.1) is 5.92 Å². The second kappa shape index (κ2) is 5.31. The summed E-state index contributed by atoms with van der Waals surface area (Å²) in [6.07, 6.45) is 2.20. The van der Waals surface area contributed by atoms with Crippen LogP contribution in [0.15, 0.2) is 35.9 Å². The molecule has 0 aliphatic heterocycles. The first-order chi connectivity index (χ1) is 9.32. The van der Waals surface area contributed by atoms with Crippen LogP contribution >= 0.6 is 0 Å². The number of amides is 1. The number of phenols is 1. The van der Waals surface area contributed by atoms with Crippen LogP contribution in [-0.4, -0.2) is 11.0 Å². The maximum Gasteiger partial charge on any atom is 0.224 e. The van der Waals surface area contributed by atoms with Gasteiger partial charge in [-0.15, -0.1) is 0 Å². The summed E-state index contributed by atoms with van der Waals surface area (Å²) in [7, 11) is 0. The third-order valence-electron chi connectivity index (χ3n) is 4.11. The summed E-state index contributed by atoms with van der Waals surface area (Å²) in [5, 5.41) is 12.2. The van der Waals surface area contributed by atoms with Crippen molar-refractivity contribution in [3.8, 4) is 5.75 Å². The first-order valence-electron chi connectivity index (χ1n) is 7.03. The number of carbonyl (C=O) groups excluding carboxylic acids is 1. The van der Waals surface area contributed by atoms with Crippen LogP contribution < -0.4 is 5.32 Å². The predicted molar refractivity (Wildman–Crippen MR) is 80.1 cm³/mol. The molecular formula is C17H23NO2. The van der Waals surface area contributed by atoms with Gasteiger partial charge in [-0.05, 0) is 42.9 Å². The molecule has 3 heteroatoms. The first-order valence-corrected chi connectivity index (χ1v) is 7.03. The van der Waals surface area contributed by atoms with Crippen molar-refractivity contribution in [3.05, 3.63) is 41.5 Å². The largest absolute Gasteiger partial charge is 0.508 e. The molecule has 0 saturated heterocycles. The number of hydrogen-bond donors (Lipinski definition) is 2. The van der Waals surface area contributed by atoms with Gasteiger partial charge in [0.15, 0.2) is 0 Å². The molecule has 1 saturated carbocycles. The number of phenolic OH excluding ortho intramolecular Hbond substituents is 1. The number of carbonyl (C=O) groups is 1. The number of rotatable bonds is 4. The molecule has 1 aromatic rings. The fourth-order valence-electron chi connectivity index (χ4n) is 2.76. The van der Waals surface area contributed by atoms with Gasteiger partial charge in [-0.3, -0.25) is 4.79 Å². The SMILES string of the molecule is CC(C)=CC1C(C(=O)NCc2ccc(O)cc2)C1(C)C. The van der Waals surface area contributed by atoms with E-state index in [-0.39, 0.29) is 23.0 Å². The zero-order valence-corrected chi connectivity index (χ0v) is 12.6. The molecule has 108 valence electrons. The van der Waals surface area contributed by atoms with Crippen LogP contribution in [0.25, 0.3) is 0 Å². The summed E-state index contributed by atoms with van der Waals surface area (Å²) in [6.45, 7) is 8.93. The van der Waals surface area contributed by atoms with Crippen LogP contribution in [0.5, 0.6) is 5.75 Å². The highest BCUT2D eigenvalue weighted by Crippen LogP contribution is 2.59. The molecule has 0 bridgehead atoms. The molecule has 2 atom stereocenters. The minimum atomic E-state index is 0.0519. The average molecular weight is 273 g/mol. The van der Waals surface area contributed by atoms with E-state index < -0.39 is 0 Å². The second-order valence-electron chi connectivity index (χ2n) is 6.45. The lowest BCUT2D eigenvalue weighted by Gasteiger charge is -2.06. The molecule has 0 radical (unpaired) electrons. The van der Waals surface area contributed by atoms with Crippen LogP contribution in [0, 0.1) is 17.3 Å². The van der Waals surface area contributed by atoms with Gasteiger partial charge in [-0.2, -0.15) is 0 Å². The summed E-state index contributed by atoms with van der Waals surface area (Å²) in [5.41, 5.74) is 2.31. The Hall–Kier alpha value is -1.77. The number of aromatic hydroxyl groups is 1. The van der Waals surface area contributed by atoms with Gasteiger partial charge in [-0.25, -0.2) is 0 Å². The van der Waals surface area contributed by atoms with Gasteiger partial charge in [0.25, 0.3) is 0 Å². The second-order valence-corrected chi connectivity index (χ2v) is 6.45. The van der Waals surface area contributed by atoms with Crippen molar-refractivity contribution in [1.29, 1.82) is 0 Å². The van der Waals surface area contributed by atoms with Crippen LogP contribution in [0.1, 0.15) is 33.3 Å². The summed E-state index contributed by atoms with van der Waals surface area (Å²) in [4.78, 5) is 12.3. The lowest BCUT2D eigenvalue weighted by atomic mass is 10.1. The van der Waals surface area contributed by atoms with E-state index >= 15 is 0 Å². The maximum atomic E-state index is 12.3. The monoisotopic (exact) mass is 273 g/mol. The third kappa shape index (κ3) is 3.03. The van der Waals surface area contributed by atoms with Crippen molar-refractivity contribution < 1.29 is 9.90 Å². The van der Waals surface area contributed by atoms with Crippen LogP contribution in [0.4, 0.5) is 0 Å². The van der Waals surface area contributed by atoms with Crippen molar-refractivity contribution in [2.24, 2.45) is 17.3 Å². The number of hydrogen-bond acceptors (Lipinski definition) is 2. The molecule has 1 fully saturated rings. The molecular weight excluding hydrogens is 250 g/mol. The highest BCUT2D eigenvalue weighted by Gasteiger charge is 2.60. The van der Waals surface area contributed by atoms with E-state index in [0.717, 1.165) is 5.56 Å². The molecule has 1 aliphatic carbocycles. The highest BCUT2D eigenvalue weighted by atomic mass is 16.3. The fourth-order valence-corrected chi connectivity index (χ4v) is 2.76. The number of nitrogens with one attached hydrogen (secondary N) is 1. The van der Waals surface area contributed by atoms with E-state index in [1.807, 2.05) is 12.1 Å². The quantitative estimate of drug-likeness (QED) is 0.827. The van der Waals surface area contributed by atoms with Crippen molar-refractivity contribution in [3.63, 3.8) is 0 Å². The predicted octanol–water partition coefficient (Wildman–Crippen LogP) is 3.25. The van der Waals surface area contributed by atoms with Gasteiger partial charge in [0.1, 0.15) is 5.75 Å². The van der Waals surface area contributed by atoms with Gasteiger partial charge in [0, 0.05) is 6.54 Å². The Kier molecular flexibility index (Phi) is 3.89. The van der Waals surface area contributed by atoms with Crippen LogP contribution in [0.2, 0.25) is 0 Å². The molecule has 0 spiro atoms. The lowest BCUT2D eigenvalue weighted by molar-refractivity contribution is -0.123. The Labute approximate surface area is 120 Å². The molecule has 3 nitrogen and oxygen atoms in total. The minimum Gasteiger partial charge on any atom is -0.508 e. The van der Waals surface area contributed by atoms with Gasteiger partial charge in [-0.1, -0.05) is 37.6 Å². The van der Waals surface area contributed by atoms with E-state index in [2.05, 4.69) is 39.1 Å². The molecule has 1 aliphatic rings. The molecule has 0 heterocycles. The molecule has 1 aromatic carbocycles. The summed E-state index contributed by atoms with van der Waals surface area (Å²) < 4.78 is 0. The molecule has 2 N–H and O–H groups in total. The van der Waals surface area contributed by atoms with E-state index in [0.29, 0.717) is 12.5 Å². The Balaban J connectivity index is 1.93. The van der Waals surface area contributed by atoms with Gasteiger partial charge < -0.3 is 10.4 Å².